The highest BCUT2D eigenvalue weighted by Gasteiger charge is 2.23. The summed E-state index contributed by atoms with van der Waals surface area (Å²) in [7, 11) is 4.28. The van der Waals surface area contributed by atoms with Crippen molar-refractivity contribution >= 4 is 27.5 Å². The lowest BCUT2D eigenvalue weighted by atomic mass is 9.90. The first-order valence-electron chi connectivity index (χ1n) is 6.91. The van der Waals surface area contributed by atoms with Crippen LogP contribution < -0.4 is 5.32 Å². The van der Waals surface area contributed by atoms with E-state index in [1.165, 1.54) is 31.2 Å². The number of hydrogen-bond acceptors (Lipinski definition) is 2. The third-order valence-electron chi connectivity index (χ3n) is 4.16. The standard InChI is InChI=1S/C15H22BrClN2/c1-18-13-4-6-14(7-5-13)19(2)10-11-9-12(16)3-8-15(11)17/h3,8-9,13-14,18H,4-7,10H2,1-2H3. The number of rotatable bonds is 4. The van der Waals surface area contributed by atoms with Gasteiger partial charge in [-0.1, -0.05) is 27.5 Å². The molecule has 2 rings (SSSR count). The maximum absolute atomic E-state index is 6.27. The highest BCUT2D eigenvalue weighted by molar-refractivity contribution is 9.10. The van der Waals surface area contributed by atoms with E-state index >= 15 is 0 Å². The maximum Gasteiger partial charge on any atom is 0.0451 e. The van der Waals surface area contributed by atoms with Gasteiger partial charge in [-0.2, -0.15) is 0 Å². The molecule has 0 aromatic heterocycles. The normalized spacial score (nSPS) is 23.8. The van der Waals surface area contributed by atoms with Crippen molar-refractivity contribution in [2.45, 2.75) is 44.3 Å². The average Bonchev–Trinajstić information content (AvgIpc) is 2.43. The highest BCUT2D eigenvalue weighted by Crippen LogP contribution is 2.26. The molecule has 1 aliphatic carbocycles. The van der Waals surface area contributed by atoms with Crippen molar-refractivity contribution in [3.05, 3.63) is 33.3 Å². The molecule has 1 N–H and O–H groups in total. The van der Waals surface area contributed by atoms with Gasteiger partial charge in [-0.05, 0) is 63.5 Å². The molecule has 1 saturated carbocycles. The van der Waals surface area contributed by atoms with Crippen LogP contribution in [0.1, 0.15) is 31.2 Å². The van der Waals surface area contributed by atoms with E-state index in [-0.39, 0.29) is 0 Å². The lowest BCUT2D eigenvalue weighted by Gasteiger charge is -2.34. The van der Waals surface area contributed by atoms with Crippen LogP contribution in [0.4, 0.5) is 0 Å². The van der Waals surface area contributed by atoms with E-state index in [1.54, 1.807) is 0 Å². The number of benzene rings is 1. The zero-order valence-corrected chi connectivity index (χ0v) is 14.0. The Bertz CT molecular complexity index is 417. The first-order valence-corrected chi connectivity index (χ1v) is 8.08. The molecule has 2 nitrogen and oxygen atoms in total. The summed E-state index contributed by atoms with van der Waals surface area (Å²) < 4.78 is 1.10. The molecule has 0 aliphatic heterocycles. The van der Waals surface area contributed by atoms with Gasteiger partial charge in [-0.3, -0.25) is 4.90 Å². The Hall–Kier alpha value is -0.0900. The van der Waals surface area contributed by atoms with E-state index < -0.39 is 0 Å². The van der Waals surface area contributed by atoms with E-state index in [9.17, 15) is 0 Å². The van der Waals surface area contributed by atoms with Gasteiger partial charge in [0.15, 0.2) is 0 Å². The molecule has 1 aromatic rings. The van der Waals surface area contributed by atoms with E-state index in [2.05, 4.69) is 46.3 Å². The van der Waals surface area contributed by atoms with Crippen LogP contribution in [0.3, 0.4) is 0 Å². The SMILES string of the molecule is CNC1CCC(N(C)Cc2cc(Br)ccc2Cl)CC1. The van der Waals surface area contributed by atoms with Crippen LogP contribution in [0.15, 0.2) is 22.7 Å². The van der Waals surface area contributed by atoms with Crippen LogP contribution in [-0.2, 0) is 6.54 Å². The molecule has 1 aliphatic rings. The first-order chi connectivity index (χ1) is 9.10. The largest absolute Gasteiger partial charge is 0.317 e. The number of hydrogen-bond donors (Lipinski definition) is 1. The van der Waals surface area contributed by atoms with Gasteiger partial charge in [0.05, 0.1) is 0 Å². The summed E-state index contributed by atoms with van der Waals surface area (Å²) in [6, 6.07) is 7.47. The summed E-state index contributed by atoms with van der Waals surface area (Å²) in [6.07, 6.45) is 5.09. The second-order valence-electron chi connectivity index (χ2n) is 5.44. The molecular formula is C15H22BrClN2. The summed E-state index contributed by atoms with van der Waals surface area (Å²) >= 11 is 9.78. The Morgan fingerprint density at radius 3 is 2.63 bits per heavy atom. The molecule has 0 bridgehead atoms. The van der Waals surface area contributed by atoms with Gasteiger partial charge >= 0.3 is 0 Å². The van der Waals surface area contributed by atoms with E-state index in [1.807, 2.05) is 12.1 Å². The molecule has 0 heterocycles. The summed E-state index contributed by atoms with van der Waals surface area (Å²) in [5.74, 6) is 0. The van der Waals surface area contributed by atoms with Gasteiger partial charge in [-0.15, -0.1) is 0 Å². The minimum atomic E-state index is 0.680. The van der Waals surface area contributed by atoms with Crippen LogP contribution in [0.25, 0.3) is 0 Å². The monoisotopic (exact) mass is 344 g/mol. The topological polar surface area (TPSA) is 15.3 Å². The van der Waals surface area contributed by atoms with Gasteiger partial charge < -0.3 is 5.32 Å². The molecule has 1 aromatic carbocycles. The second-order valence-corrected chi connectivity index (χ2v) is 6.77. The van der Waals surface area contributed by atoms with Crippen LogP contribution in [0.5, 0.6) is 0 Å². The number of halogens is 2. The minimum Gasteiger partial charge on any atom is -0.317 e. The molecule has 0 atom stereocenters. The average molecular weight is 346 g/mol. The smallest absolute Gasteiger partial charge is 0.0451 e. The third kappa shape index (κ3) is 4.19. The fourth-order valence-corrected chi connectivity index (χ4v) is 3.45. The van der Waals surface area contributed by atoms with Gasteiger partial charge in [-0.25, -0.2) is 0 Å². The van der Waals surface area contributed by atoms with Crippen LogP contribution in [0.2, 0.25) is 5.02 Å². The van der Waals surface area contributed by atoms with Crippen LogP contribution in [0, 0.1) is 0 Å². The van der Waals surface area contributed by atoms with Crippen molar-refractivity contribution in [2.75, 3.05) is 14.1 Å². The lowest BCUT2D eigenvalue weighted by Crippen LogP contribution is -2.39. The predicted molar refractivity (Wildman–Crippen MR) is 85.7 cm³/mol. The van der Waals surface area contributed by atoms with Crippen LogP contribution >= 0.6 is 27.5 Å². The van der Waals surface area contributed by atoms with Crippen molar-refractivity contribution in [3.8, 4) is 0 Å². The number of nitrogens with zero attached hydrogens (tertiary/aromatic N) is 1. The zero-order chi connectivity index (χ0) is 13.8. The maximum atomic E-state index is 6.27. The van der Waals surface area contributed by atoms with Crippen LogP contribution in [-0.4, -0.2) is 31.1 Å². The fraction of sp³-hybridized carbons (Fsp3) is 0.600. The molecule has 0 radical (unpaired) electrons. The Kier molecular flexibility index (Phi) is 5.70. The molecule has 106 valence electrons. The molecule has 1 fully saturated rings. The molecule has 19 heavy (non-hydrogen) atoms. The number of nitrogens with one attached hydrogen (secondary N) is 1. The zero-order valence-electron chi connectivity index (χ0n) is 11.6. The van der Waals surface area contributed by atoms with Gasteiger partial charge in [0, 0.05) is 28.1 Å². The van der Waals surface area contributed by atoms with Crippen molar-refractivity contribution in [1.82, 2.24) is 10.2 Å². The minimum absolute atomic E-state index is 0.680. The Labute approximate surface area is 129 Å². The molecule has 0 amide bonds. The predicted octanol–water partition coefficient (Wildman–Crippen LogP) is 4.06. The Balaban J connectivity index is 1.94. The third-order valence-corrected chi connectivity index (χ3v) is 5.02. The van der Waals surface area contributed by atoms with Gasteiger partial charge in [0.2, 0.25) is 0 Å². The quantitative estimate of drug-likeness (QED) is 0.885. The Morgan fingerprint density at radius 2 is 2.00 bits per heavy atom. The lowest BCUT2D eigenvalue weighted by molar-refractivity contribution is 0.170. The van der Waals surface area contributed by atoms with Crippen molar-refractivity contribution < 1.29 is 0 Å². The first kappa shape index (κ1) is 15.3. The molecular weight excluding hydrogens is 324 g/mol. The Morgan fingerprint density at radius 1 is 1.32 bits per heavy atom. The molecule has 0 spiro atoms. The van der Waals surface area contributed by atoms with Gasteiger partial charge in [0.1, 0.15) is 0 Å². The van der Waals surface area contributed by atoms with E-state index in [0.29, 0.717) is 12.1 Å². The molecule has 0 saturated heterocycles. The molecule has 0 unspecified atom stereocenters. The second kappa shape index (κ2) is 7.07. The molecule has 4 heteroatoms. The summed E-state index contributed by atoms with van der Waals surface area (Å²) in [4.78, 5) is 2.44. The van der Waals surface area contributed by atoms with E-state index in [0.717, 1.165) is 16.0 Å². The van der Waals surface area contributed by atoms with Gasteiger partial charge in [0.25, 0.3) is 0 Å². The summed E-state index contributed by atoms with van der Waals surface area (Å²) in [6.45, 7) is 0.924. The highest BCUT2D eigenvalue weighted by atomic mass is 79.9. The van der Waals surface area contributed by atoms with Crippen molar-refractivity contribution in [2.24, 2.45) is 0 Å². The summed E-state index contributed by atoms with van der Waals surface area (Å²) in [5.41, 5.74) is 1.20. The fourth-order valence-electron chi connectivity index (χ4n) is 2.87. The van der Waals surface area contributed by atoms with E-state index in [4.69, 9.17) is 11.6 Å². The van der Waals surface area contributed by atoms with Crippen molar-refractivity contribution in [1.29, 1.82) is 0 Å². The van der Waals surface area contributed by atoms with Crippen molar-refractivity contribution in [3.63, 3.8) is 0 Å². The summed E-state index contributed by atoms with van der Waals surface area (Å²) in [5, 5.41) is 4.24.